The number of amides is 2. The van der Waals surface area contributed by atoms with Crippen LogP contribution in [-0.2, 0) is 26.0 Å². The summed E-state index contributed by atoms with van der Waals surface area (Å²) in [5.41, 5.74) is -0.0943. The third kappa shape index (κ3) is 8.96. The van der Waals surface area contributed by atoms with E-state index in [1.807, 2.05) is 0 Å². The van der Waals surface area contributed by atoms with E-state index in [-0.39, 0.29) is 35.8 Å². The molecule has 1 aromatic heterocycles. The number of anilines is 1. The van der Waals surface area contributed by atoms with Crippen LogP contribution in [0.2, 0.25) is 0 Å². The van der Waals surface area contributed by atoms with E-state index < -0.39 is 57.8 Å². The van der Waals surface area contributed by atoms with Gasteiger partial charge in [-0.2, -0.15) is 0 Å². The Labute approximate surface area is 217 Å². The second-order valence-electron chi connectivity index (χ2n) is 8.38. The molecule has 0 saturated heterocycles. The number of nitrogens with one attached hydrogen (secondary N) is 2. The van der Waals surface area contributed by atoms with Crippen LogP contribution in [0.1, 0.15) is 29.4 Å². The summed E-state index contributed by atoms with van der Waals surface area (Å²) in [5.74, 6) is -3.06. The van der Waals surface area contributed by atoms with Crippen molar-refractivity contribution in [1.82, 2.24) is 15.6 Å². The molecule has 2 amide bonds. The zero-order chi connectivity index (χ0) is 27.9. The Morgan fingerprint density at radius 1 is 1.14 bits per heavy atom. The Morgan fingerprint density at radius 2 is 1.73 bits per heavy atom. The van der Waals surface area contributed by atoms with Crippen molar-refractivity contribution < 1.29 is 41.7 Å². The molecule has 4 unspecified atom stereocenters. The van der Waals surface area contributed by atoms with E-state index >= 15 is 0 Å². The number of hydrogen-bond donors (Lipinski definition) is 4. The molecule has 0 radical (unpaired) electrons. The molecule has 0 fully saturated rings. The molecule has 37 heavy (non-hydrogen) atoms. The first kappa shape index (κ1) is 30.5. The highest BCUT2D eigenvalue weighted by Crippen LogP contribution is 2.22. The molecule has 2 aromatic rings. The quantitative estimate of drug-likeness (QED) is 0.273. The Balaban J connectivity index is 2.35. The normalized spacial score (nSPS) is 14.9. The zero-order valence-corrected chi connectivity index (χ0v) is 22.3. The summed E-state index contributed by atoms with van der Waals surface area (Å²) in [6, 6.07) is 0.430. The van der Waals surface area contributed by atoms with Crippen molar-refractivity contribution >= 4 is 38.3 Å². The number of thiazole rings is 1. The highest BCUT2D eigenvalue weighted by Gasteiger charge is 2.34. The van der Waals surface area contributed by atoms with Crippen molar-refractivity contribution in [2.45, 2.75) is 44.1 Å². The first-order valence-electron chi connectivity index (χ1n) is 11.0. The Morgan fingerprint density at radius 3 is 2.27 bits per heavy atom. The van der Waals surface area contributed by atoms with Crippen molar-refractivity contribution in [3.05, 3.63) is 46.5 Å². The number of nitrogens with zero attached hydrogens (tertiary/aromatic N) is 2. The lowest BCUT2D eigenvalue weighted by Crippen LogP contribution is -2.56. The number of hydrogen-bond acceptors (Lipinski definition) is 9. The fourth-order valence-corrected chi connectivity index (χ4v) is 4.98. The molecular formula is C22H30F2N4O7S2. The standard InChI is InChI=1S/C22H30F2N4O7S2/c1-12(29)25-16(5-6-35-3)19(30)20(31)17(9-13-7-14(23)10-15(24)8-13)26-21(32)18-11-36-22(27-18)28(2)37(4,33)34/h7-8,10-11,16-17,19-20,30-31H,5-6,9H2,1-4H3,(H,25,29)(H,26,32). The molecule has 11 nitrogen and oxygen atoms in total. The van der Waals surface area contributed by atoms with E-state index in [1.54, 1.807) is 0 Å². The lowest BCUT2D eigenvalue weighted by molar-refractivity contribution is -0.121. The summed E-state index contributed by atoms with van der Waals surface area (Å²) >= 11 is 0.886. The van der Waals surface area contributed by atoms with E-state index in [4.69, 9.17) is 4.74 Å². The Hall–Kier alpha value is -2.72. The molecule has 0 spiro atoms. The zero-order valence-electron chi connectivity index (χ0n) is 20.6. The number of sulfonamides is 1. The average molecular weight is 565 g/mol. The van der Waals surface area contributed by atoms with Gasteiger partial charge in [0, 0.05) is 39.1 Å². The number of rotatable bonds is 13. The predicted octanol–water partition coefficient (Wildman–Crippen LogP) is 0.421. The average Bonchev–Trinajstić information content (AvgIpc) is 3.28. The van der Waals surface area contributed by atoms with Gasteiger partial charge in [0.25, 0.3) is 5.91 Å². The number of carbonyl (C=O) groups excluding carboxylic acids is 2. The van der Waals surface area contributed by atoms with Crippen molar-refractivity contribution in [2.75, 3.05) is 31.3 Å². The Kier molecular flexibility index (Phi) is 10.9. The first-order valence-corrected chi connectivity index (χ1v) is 13.7. The summed E-state index contributed by atoms with van der Waals surface area (Å²) in [7, 11) is -0.953. The van der Waals surface area contributed by atoms with Gasteiger partial charge in [0.05, 0.1) is 18.3 Å². The highest BCUT2D eigenvalue weighted by molar-refractivity contribution is 7.92. The van der Waals surface area contributed by atoms with E-state index in [9.17, 15) is 37.0 Å². The van der Waals surface area contributed by atoms with E-state index in [0.29, 0.717) is 6.07 Å². The van der Waals surface area contributed by atoms with E-state index in [0.717, 1.165) is 34.0 Å². The number of carbonyl (C=O) groups is 2. The van der Waals surface area contributed by atoms with Crippen LogP contribution in [-0.4, -0.2) is 86.7 Å². The second kappa shape index (κ2) is 13.2. The minimum absolute atomic E-state index is 0.0160. The lowest BCUT2D eigenvalue weighted by atomic mass is 9.92. The Bertz CT molecular complexity index is 1180. The maximum absolute atomic E-state index is 13.8. The van der Waals surface area contributed by atoms with Gasteiger partial charge >= 0.3 is 0 Å². The van der Waals surface area contributed by atoms with Gasteiger partial charge in [0.15, 0.2) is 5.13 Å². The lowest BCUT2D eigenvalue weighted by Gasteiger charge is -2.32. The molecule has 15 heteroatoms. The molecule has 1 heterocycles. The number of halogens is 2. The maximum Gasteiger partial charge on any atom is 0.271 e. The maximum atomic E-state index is 13.8. The van der Waals surface area contributed by atoms with Gasteiger partial charge in [-0.1, -0.05) is 0 Å². The second-order valence-corrected chi connectivity index (χ2v) is 11.2. The van der Waals surface area contributed by atoms with Crippen LogP contribution in [0.25, 0.3) is 0 Å². The molecule has 2 rings (SSSR count). The fourth-order valence-electron chi connectivity index (χ4n) is 3.45. The molecule has 0 aliphatic rings. The van der Waals surface area contributed by atoms with Crippen LogP contribution in [0.5, 0.6) is 0 Å². The molecule has 4 atom stereocenters. The van der Waals surface area contributed by atoms with Crippen LogP contribution in [0, 0.1) is 11.6 Å². The predicted molar refractivity (Wildman–Crippen MR) is 133 cm³/mol. The minimum Gasteiger partial charge on any atom is -0.388 e. The van der Waals surface area contributed by atoms with Crippen LogP contribution in [0.4, 0.5) is 13.9 Å². The molecule has 0 saturated carbocycles. The molecule has 1 aromatic carbocycles. The monoisotopic (exact) mass is 564 g/mol. The van der Waals surface area contributed by atoms with Gasteiger partial charge in [0.2, 0.25) is 15.9 Å². The number of ether oxygens (including phenoxy) is 1. The topological polar surface area (TPSA) is 158 Å². The van der Waals surface area contributed by atoms with Crippen molar-refractivity contribution in [2.24, 2.45) is 0 Å². The van der Waals surface area contributed by atoms with Gasteiger partial charge in [-0.15, -0.1) is 11.3 Å². The van der Waals surface area contributed by atoms with E-state index in [1.165, 1.54) is 26.5 Å². The third-order valence-corrected chi connectivity index (χ3v) is 7.58. The molecular weight excluding hydrogens is 534 g/mol. The third-order valence-electron chi connectivity index (χ3n) is 5.38. The molecule has 206 valence electrons. The molecule has 0 bridgehead atoms. The number of benzene rings is 1. The van der Waals surface area contributed by atoms with E-state index in [2.05, 4.69) is 15.6 Å². The first-order chi connectivity index (χ1) is 17.2. The number of aromatic nitrogens is 1. The summed E-state index contributed by atoms with van der Waals surface area (Å²) in [5, 5.41) is 28.2. The van der Waals surface area contributed by atoms with Crippen molar-refractivity contribution in [3.8, 4) is 0 Å². The largest absolute Gasteiger partial charge is 0.388 e. The van der Waals surface area contributed by atoms with Crippen LogP contribution in [0.3, 0.4) is 0 Å². The minimum atomic E-state index is -3.63. The molecule has 0 aliphatic carbocycles. The molecule has 0 aliphatic heterocycles. The van der Waals surface area contributed by atoms with Crippen molar-refractivity contribution in [1.29, 1.82) is 0 Å². The van der Waals surface area contributed by atoms with Crippen molar-refractivity contribution in [3.63, 3.8) is 0 Å². The van der Waals surface area contributed by atoms with Gasteiger partial charge in [0.1, 0.15) is 29.5 Å². The van der Waals surface area contributed by atoms with Gasteiger partial charge in [-0.25, -0.2) is 26.5 Å². The molecule has 4 N–H and O–H groups in total. The van der Waals surface area contributed by atoms with Crippen LogP contribution < -0.4 is 14.9 Å². The highest BCUT2D eigenvalue weighted by atomic mass is 32.2. The van der Waals surface area contributed by atoms with Gasteiger partial charge in [-0.3, -0.25) is 9.59 Å². The van der Waals surface area contributed by atoms with Crippen LogP contribution >= 0.6 is 11.3 Å². The summed E-state index contributed by atoms with van der Waals surface area (Å²) in [6.45, 7) is 1.36. The van der Waals surface area contributed by atoms with Crippen LogP contribution in [0.15, 0.2) is 23.6 Å². The number of methoxy groups -OCH3 is 1. The summed E-state index contributed by atoms with van der Waals surface area (Å²) in [6.07, 6.45) is -2.52. The summed E-state index contributed by atoms with van der Waals surface area (Å²) in [4.78, 5) is 28.6. The number of aliphatic hydroxyl groups is 2. The number of aliphatic hydroxyl groups excluding tert-OH is 2. The SMILES string of the molecule is COCCC(NC(C)=O)C(O)C(O)C(Cc1cc(F)cc(F)c1)NC(=O)c1csc(N(C)S(C)(=O)=O)n1. The van der Waals surface area contributed by atoms with Gasteiger partial charge < -0.3 is 25.6 Å². The smallest absolute Gasteiger partial charge is 0.271 e. The van der Waals surface area contributed by atoms with Gasteiger partial charge in [-0.05, 0) is 30.5 Å². The summed E-state index contributed by atoms with van der Waals surface area (Å²) < 4.78 is 57.0. The fraction of sp³-hybridized carbons (Fsp3) is 0.500.